The minimum atomic E-state index is -0.115. The highest BCUT2D eigenvalue weighted by Gasteiger charge is 2.32. The molecule has 0 bridgehead atoms. The number of carbonyl (C=O) groups is 1. The second kappa shape index (κ2) is 6.20. The molecule has 1 aliphatic rings. The molecule has 3 unspecified atom stereocenters. The monoisotopic (exact) mass is 261 g/mol. The van der Waals surface area contributed by atoms with E-state index in [0.717, 1.165) is 13.1 Å². The Kier molecular flexibility index (Phi) is 4.59. The van der Waals surface area contributed by atoms with Gasteiger partial charge in [-0.15, -0.1) is 0 Å². The van der Waals surface area contributed by atoms with E-state index in [2.05, 4.69) is 42.2 Å². The van der Waals surface area contributed by atoms with E-state index in [9.17, 15) is 4.79 Å². The number of ether oxygens (including phenoxy) is 1. The van der Waals surface area contributed by atoms with Gasteiger partial charge in [0.2, 0.25) is 0 Å². The Morgan fingerprint density at radius 3 is 2.63 bits per heavy atom. The third kappa shape index (κ3) is 3.16. The Balaban J connectivity index is 1.97. The number of hydrogen-bond acceptors (Lipinski definition) is 3. The molecular formula is C16H23NO2. The van der Waals surface area contributed by atoms with Crippen LogP contribution in [0.2, 0.25) is 0 Å². The molecule has 0 amide bonds. The van der Waals surface area contributed by atoms with E-state index in [1.165, 1.54) is 19.1 Å². The molecule has 3 nitrogen and oxygen atoms in total. The number of benzene rings is 1. The van der Waals surface area contributed by atoms with Crippen molar-refractivity contribution in [1.29, 1.82) is 0 Å². The van der Waals surface area contributed by atoms with Gasteiger partial charge < -0.3 is 4.74 Å². The summed E-state index contributed by atoms with van der Waals surface area (Å²) in [5, 5.41) is 0. The van der Waals surface area contributed by atoms with Gasteiger partial charge in [0.25, 0.3) is 0 Å². The van der Waals surface area contributed by atoms with Gasteiger partial charge in [0, 0.05) is 12.6 Å². The van der Waals surface area contributed by atoms with Crippen molar-refractivity contribution in [3.63, 3.8) is 0 Å². The molecular weight excluding hydrogens is 238 g/mol. The topological polar surface area (TPSA) is 29.5 Å². The number of carbonyl (C=O) groups excluding carboxylic acids is 1. The lowest BCUT2D eigenvalue weighted by Crippen LogP contribution is -2.39. The fraction of sp³-hybridized carbons (Fsp3) is 0.562. The minimum Gasteiger partial charge on any atom is -0.469 e. The summed E-state index contributed by atoms with van der Waals surface area (Å²) in [5.74, 6) is 0.406. The van der Waals surface area contributed by atoms with Crippen LogP contribution in [0.5, 0.6) is 0 Å². The fourth-order valence-corrected chi connectivity index (χ4v) is 2.85. The van der Waals surface area contributed by atoms with Gasteiger partial charge in [0.1, 0.15) is 0 Å². The molecule has 0 aromatic heterocycles. The van der Waals surface area contributed by atoms with Gasteiger partial charge in [-0.1, -0.05) is 37.3 Å². The van der Waals surface area contributed by atoms with Crippen LogP contribution < -0.4 is 0 Å². The maximum Gasteiger partial charge on any atom is 0.309 e. The van der Waals surface area contributed by atoms with E-state index in [1.807, 2.05) is 6.92 Å². The summed E-state index contributed by atoms with van der Waals surface area (Å²) in [6, 6.07) is 10.9. The van der Waals surface area contributed by atoms with Crippen molar-refractivity contribution in [3.05, 3.63) is 35.9 Å². The largest absolute Gasteiger partial charge is 0.469 e. The Labute approximate surface area is 115 Å². The standard InChI is InChI=1S/C16H23NO2/c1-12(16(18)19-3)13(2)17-10-9-15(11-17)14-7-5-4-6-8-14/h4-8,12-13,15H,9-11H2,1-3H3. The smallest absolute Gasteiger partial charge is 0.309 e. The predicted molar refractivity (Wildman–Crippen MR) is 76.0 cm³/mol. The molecule has 0 N–H and O–H groups in total. The third-order valence-corrected chi connectivity index (χ3v) is 4.36. The molecule has 2 rings (SSSR count). The molecule has 104 valence electrons. The average molecular weight is 261 g/mol. The molecule has 19 heavy (non-hydrogen) atoms. The average Bonchev–Trinajstić information content (AvgIpc) is 2.95. The summed E-state index contributed by atoms with van der Waals surface area (Å²) in [4.78, 5) is 14.0. The van der Waals surface area contributed by atoms with Crippen LogP contribution in [0.3, 0.4) is 0 Å². The van der Waals surface area contributed by atoms with Gasteiger partial charge in [0.05, 0.1) is 13.0 Å². The summed E-state index contributed by atoms with van der Waals surface area (Å²) >= 11 is 0. The zero-order valence-corrected chi connectivity index (χ0v) is 12.0. The van der Waals surface area contributed by atoms with Crippen molar-refractivity contribution >= 4 is 5.97 Å². The first-order chi connectivity index (χ1) is 9.13. The molecule has 1 heterocycles. The first-order valence-electron chi connectivity index (χ1n) is 7.00. The molecule has 3 atom stereocenters. The van der Waals surface area contributed by atoms with E-state index in [-0.39, 0.29) is 17.9 Å². The molecule has 1 aromatic rings. The van der Waals surface area contributed by atoms with Crippen LogP contribution in [0.15, 0.2) is 30.3 Å². The van der Waals surface area contributed by atoms with Gasteiger partial charge in [0.15, 0.2) is 0 Å². The summed E-state index contributed by atoms with van der Waals surface area (Å²) in [6.07, 6.45) is 1.17. The molecule has 0 radical (unpaired) electrons. The number of likely N-dealkylation sites (tertiary alicyclic amines) is 1. The molecule has 0 aliphatic carbocycles. The predicted octanol–water partition coefficient (Wildman–Crippen LogP) is 2.67. The molecule has 1 aromatic carbocycles. The number of methoxy groups -OCH3 is 1. The number of esters is 1. The van der Waals surface area contributed by atoms with Crippen LogP contribution in [0.25, 0.3) is 0 Å². The molecule has 1 aliphatic heterocycles. The number of nitrogens with zero attached hydrogens (tertiary/aromatic N) is 1. The Bertz CT molecular complexity index is 418. The van der Waals surface area contributed by atoms with Crippen LogP contribution in [-0.4, -0.2) is 37.1 Å². The van der Waals surface area contributed by atoms with Crippen molar-refractivity contribution in [2.45, 2.75) is 32.2 Å². The quantitative estimate of drug-likeness (QED) is 0.780. The van der Waals surface area contributed by atoms with Crippen LogP contribution in [0, 0.1) is 5.92 Å². The highest BCUT2D eigenvalue weighted by molar-refractivity contribution is 5.72. The Hall–Kier alpha value is -1.35. The lowest BCUT2D eigenvalue weighted by atomic mass is 9.98. The van der Waals surface area contributed by atoms with Crippen LogP contribution >= 0.6 is 0 Å². The van der Waals surface area contributed by atoms with Gasteiger partial charge in [-0.2, -0.15) is 0 Å². The van der Waals surface area contributed by atoms with Gasteiger partial charge in [-0.25, -0.2) is 0 Å². The summed E-state index contributed by atoms with van der Waals surface area (Å²) in [5.41, 5.74) is 1.41. The van der Waals surface area contributed by atoms with Gasteiger partial charge in [-0.05, 0) is 31.4 Å². The zero-order chi connectivity index (χ0) is 13.8. The van der Waals surface area contributed by atoms with E-state index in [4.69, 9.17) is 4.74 Å². The number of hydrogen-bond donors (Lipinski definition) is 0. The van der Waals surface area contributed by atoms with Crippen LogP contribution in [0.4, 0.5) is 0 Å². The number of rotatable bonds is 4. The second-order valence-electron chi connectivity index (χ2n) is 5.44. The summed E-state index contributed by atoms with van der Waals surface area (Å²) < 4.78 is 4.84. The van der Waals surface area contributed by atoms with Crippen molar-refractivity contribution in [2.24, 2.45) is 5.92 Å². The third-order valence-electron chi connectivity index (χ3n) is 4.36. The molecule has 0 saturated carbocycles. The fourth-order valence-electron chi connectivity index (χ4n) is 2.85. The highest BCUT2D eigenvalue weighted by Crippen LogP contribution is 2.29. The van der Waals surface area contributed by atoms with Crippen molar-refractivity contribution in [3.8, 4) is 0 Å². The first-order valence-corrected chi connectivity index (χ1v) is 7.00. The maximum atomic E-state index is 11.6. The molecule has 3 heteroatoms. The van der Waals surface area contributed by atoms with Crippen molar-refractivity contribution < 1.29 is 9.53 Å². The Morgan fingerprint density at radius 2 is 2.00 bits per heavy atom. The molecule has 1 saturated heterocycles. The van der Waals surface area contributed by atoms with E-state index in [1.54, 1.807) is 0 Å². The van der Waals surface area contributed by atoms with Crippen molar-refractivity contribution in [1.82, 2.24) is 4.90 Å². The molecule has 1 fully saturated rings. The SMILES string of the molecule is COC(=O)C(C)C(C)N1CCC(c2ccccc2)C1. The Morgan fingerprint density at radius 1 is 1.32 bits per heavy atom. The first kappa shape index (κ1) is 14.1. The molecule has 0 spiro atoms. The van der Waals surface area contributed by atoms with Crippen LogP contribution in [-0.2, 0) is 9.53 Å². The normalized spacial score (nSPS) is 23.0. The highest BCUT2D eigenvalue weighted by atomic mass is 16.5. The zero-order valence-electron chi connectivity index (χ0n) is 12.0. The van der Waals surface area contributed by atoms with Crippen molar-refractivity contribution in [2.75, 3.05) is 20.2 Å². The van der Waals surface area contributed by atoms with E-state index < -0.39 is 0 Å². The van der Waals surface area contributed by atoms with Gasteiger partial charge in [-0.3, -0.25) is 9.69 Å². The maximum absolute atomic E-state index is 11.6. The summed E-state index contributed by atoms with van der Waals surface area (Å²) in [7, 11) is 1.46. The lowest BCUT2D eigenvalue weighted by Gasteiger charge is -2.28. The van der Waals surface area contributed by atoms with Crippen LogP contribution in [0.1, 0.15) is 31.7 Å². The summed E-state index contributed by atoms with van der Waals surface area (Å²) in [6.45, 7) is 6.16. The van der Waals surface area contributed by atoms with E-state index in [0.29, 0.717) is 5.92 Å². The van der Waals surface area contributed by atoms with Gasteiger partial charge >= 0.3 is 5.97 Å². The van der Waals surface area contributed by atoms with E-state index >= 15 is 0 Å². The lowest BCUT2D eigenvalue weighted by molar-refractivity contribution is -0.146. The second-order valence-corrected chi connectivity index (χ2v) is 5.44. The minimum absolute atomic E-state index is 0.0699.